The van der Waals surface area contributed by atoms with Gasteiger partial charge >= 0.3 is 0 Å². The van der Waals surface area contributed by atoms with Crippen LogP contribution in [0.2, 0.25) is 0 Å². The summed E-state index contributed by atoms with van der Waals surface area (Å²) >= 11 is 0. The Morgan fingerprint density at radius 3 is 2.12 bits per heavy atom. The molecule has 226 valence electrons. The van der Waals surface area contributed by atoms with E-state index in [9.17, 15) is 22.4 Å². The number of halogens is 1. The van der Waals surface area contributed by atoms with Crippen LogP contribution in [0.3, 0.4) is 0 Å². The zero-order valence-electron chi connectivity index (χ0n) is 24.5. The molecule has 0 aliphatic rings. The van der Waals surface area contributed by atoms with Crippen LogP contribution in [-0.2, 0) is 26.2 Å². The number of nitrogens with zero attached hydrogens (tertiary/aromatic N) is 2. The lowest BCUT2D eigenvalue weighted by Gasteiger charge is -2.33. The van der Waals surface area contributed by atoms with Crippen molar-refractivity contribution in [2.24, 2.45) is 0 Å². The van der Waals surface area contributed by atoms with Crippen molar-refractivity contribution in [3.63, 3.8) is 0 Å². The van der Waals surface area contributed by atoms with E-state index >= 15 is 0 Å². The average Bonchev–Trinajstić information content (AvgIpc) is 3.00. The van der Waals surface area contributed by atoms with Crippen LogP contribution in [0.4, 0.5) is 10.1 Å². The second-order valence-electron chi connectivity index (χ2n) is 9.75. The lowest BCUT2D eigenvalue weighted by atomic mass is 10.1. The fourth-order valence-electron chi connectivity index (χ4n) is 4.37. The number of anilines is 1. The Kier molecular flexibility index (Phi) is 11.3. The van der Waals surface area contributed by atoms with Gasteiger partial charge in [0.2, 0.25) is 11.8 Å². The molecule has 0 heterocycles. The summed E-state index contributed by atoms with van der Waals surface area (Å²) in [6.07, 6.45) is 0.975. The highest BCUT2D eigenvalue weighted by atomic mass is 32.2. The van der Waals surface area contributed by atoms with Crippen LogP contribution in [0.1, 0.15) is 39.2 Å². The first-order valence-corrected chi connectivity index (χ1v) is 15.1. The van der Waals surface area contributed by atoms with Gasteiger partial charge in [-0.3, -0.25) is 13.9 Å². The van der Waals surface area contributed by atoms with E-state index in [1.54, 1.807) is 37.3 Å². The molecule has 0 saturated heterocycles. The molecule has 2 amide bonds. The predicted octanol–water partition coefficient (Wildman–Crippen LogP) is 4.76. The second kappa shape index (κ2) is 14.7. The Morgan fingerprint density at radius 2 is 1.55 bits per heavy atom. The molecule has 3 aromatic carbocycles. The predicted molar refractivity (Wildman–Crippen MR) is 159 cm³/mol. The number of nitrogens with one attached hydrogen (secondary N) is 1. The Balaban J connectivity index is 2.06. The summed E-state index contributed by atoms with van der Waals surface area (Å²) in [4.78, 5) is 28.6. The van der Waals surface area contributed by atoms with E-state index < -0.39 is 34.3 Å². The lowest BCUT2D eigenvalue weighted by molar-refractivity contribution is -0.140. The number of carbonyl (C=O) groups excluding carboxylic acids is 2. The highest BCUT2D eigenvalue weighted by molar-refractivity contribution is 7.92. The molecule has 0 fully saturated rings. The number of benzene rings is 3. The van der Waals surface area contributed by atoms with E-state index in [0.29, 0.717) is 17.7 Å². The van der Waals surface area contributed by atoms with Gasteiger partial charge in [0, 0.05) is 18.7 Å². The van der Waals surface area contributed by atoms with Crippen LogP contribution < -0.4 is 19.1 Å². The van der Waals surface area contributed by atoms with Crippen molar-refractivity contribution >= 4 is 27.5 Å². The maximum absolute atomic E-state index is 14.1. The van der Waals surface area contributed by atoms with Crippen LogP contribution in [-0.4, -0.2) is 58.0 Å². The third-order valence-electron chi connectivity index (χ3n) is 6.92. The lowest BCUT2D eigenvalue weighted by Crippen LogP contribution is -2.53. The summed E-state index contributed by atoms with van der Waals surface area (Å²) in [5, 5.41) is 2.92. The van der Waals surface area contributed by atoms with Crippen molar-refractivity contribution in [1.29, 1.82) is 0 Å². The Labute approximate surface area is 247 Å². The van der Waals surface area contributed by atoms with Gasteiger partial charge in [-0.05, 0) is 61.7 Å². The molecule has 42 heavy (non-hydrogen) atoms. The number of sulfonamides is 1. The molecule has 0 unspecified atom stereocenters. The van der Waals surface area contributed by atoms with Crippen LogP contribution in [0.5, 0.6) is 11.5 Å². The highest BCUT2D eigenvalue weighted by Gasteiger charge is 2.34. The van der Waals surface area contributed by atoms with E-state index in [-0.39, 0.29) is 41.2 Å². The van der Waals surface area contributed by atoms with Gasteiger partial charge in [-0.2, -0.15) is 0 Å². The molecule has 1 N–H and O–H groups in total. The van der Waals surface area contributed by atoms with Crippen molar-refractivity contribution in [2.75, 3.05) is 25.1 Å². The molecule has 0 aliphatic carbocycles. The van der Waals surface area contributed by atoms with E-state index in [0.717, 1.165) is 4.31 Å². The summed E-state index contributed by atoms with van der Waals surface area (Å²) in [5.74, 6) is -0.824. The Morgan fingerprint density at radius 1 is 0.905 bits per heavy atom. The molecule has 2 atom stereocenters. The van der Waals surface area contributed by atoms with Gasteiger partial charge < -0.3 is 19.7 Å². The molecule has 11 heteroatoms. The van der Waals surface area contributed by atoms with Gasteiger partial charge in [0.1, 0.15) is 18.4 Å². The molecule has 3 aromatic rings. The zero-order chi connectivity index (χ0) is 30.9. The third-order valence-corrected chi connectivity index (χ3v) is 8.69. The maximum atomic E-state index is 14.1. The summed E-state index contributed by atoms with van der Waals surface area (Å²) < 4.78 is 53.3. The summed E-state index contributed by atoms with van der Waals surface area (Å²) in [5.41, 5.74) is 0.855. The minimum absolute atomic E-state index is 0.0232. The number of hydrogen-bond donors (Lipinski definition) is 1. The van der Waals surface area contributed by atoms with Gasteiger partial charge in [-0.1, -0.05) is 44.2 Å². The van der Waals surface area contributed by atoms with Crippen LogP contribution in [0, 0.1) is 5.82 Å². The van der Waals surface area contributed by atoms with Gasteiger partial charge in [-0.25, -0.2) is 12.8 Å². The third kappa shape index (κ3) is 7.79. The first kappa shape index (κ1) is 32.4. The normalized spacial score (nSPS) is 12.6. The van der Waals surface area contributed by atoms with Gasteiger partial charge in [0.15, 0.2) is 11.5 Å². The quantitative estimate of drug-likeness (QED) is 0.287. The number of amides is 2. The first-order valence-electron chi connectivity index (χ1n) is 13.7. The van der Waals surface area contributed by atoms with Gasteiger partial charge in [0.05, 0.1) is 24.8 Å². The number of ether oxygens (including phenoxy) is 2. The van der Waals surface area contributed by atoms with Crippen molar-refractivity contribution in [2.45, 2.75) is 57.1 Å². The van der Waals surface area contributed by atoms with Crippen LogP contribution >= 0.6 is 0 Å². The minimum Gasteiger partial charge on any atom is -0.493 e. The van der Waals surface area contributed by atoms with E-state index in [1.165, 1.54) is 61.6 Å². The molecule has 9 nitrogen and oxygen atoms in total. The van der Waals surface area contributed by atoms with Crippen molar-refractivity contribution in [3.8, 4) is 11.5 Å². The molecule has 0 aromatic heterocycles. The van der Waals surface area contributed by atoms with Crippen molar-refractivity contribution in [3.05, 3.63) is 84.2 Å². The second-order valence-corrected chi connectivity index (χ2v) is 11.6. The molecule has 0 aliphatic heterocycles. The highest BCUT2D eigenvalue weighted by Crippen LogP contribution is 2.32. The van der Waals surface area contributed by atoms with Crippen molar-refractivity contribution in [1.82, 2.24) is 10.2 Å². The summed E-state index contributed by atoms with van der Waals surface area (Å²) in [6.45, 7) is 4.97. The van der Waals surface area contributed by atoms with Crippen LogP contribution in [0.25, 0.3) is 0 Å². The topological polar surface area (TPSA) is 105 Å². The number of rotatable bonds is 14. The van der Waals surface area contributed by atoms with E-state index in [2.05, 4.69) is 5.32 Å². The van der Waals surface area contributed by atoms with Gasteiger partial charge in [-0.15, -0.1) is 0 Å². The van der Waals surface area contributed by atoms with Gasteiger partial charge in [0.25, 0.3) is 10.0 Å². The zero-order valence-corrected chi connectivity index (χ0v) is 25.4. The van der Waals surface area contributed by atoms with Crippen LogP contribution in [0.15, 0.2) is 77.7 Å². The van der Waals surface area contributed by atoms with Crippen molar-refractivity contribution < 1.29 is 31.9 Å². The average molecular weight is 600 g/mol. The fraction of sp³-hybridized carbons (Fsp3) is 0.355. The standard InChI is InChI=1S/C31H38FN3O6S/c1-6-22(3)33-31(37)27(7-2)34(20-23-13-15-24(32)16-14-23)30(36)21-35(25-11-9-8-10-12-25)42(38,39)26-17-18-28(40-4)29(19-26)41-5/h8-19,22,27H,6-7,20-21H2,1-5H3,(H,33,37)/t22-,27-/m1/s1. The molecule has 0 radical (unpaired) electrons. The maximum Gasteiger partial charge on any atom is 0.264 e. The Hall–Kier alpha value is -4.12. The number of hydrogen-bond acceptors (Lipinski definition) is 6. The van der Waals surface area contributed by atoms with E-state index in [1.807, 2.05) is 13.8 Å². The summed E-state index contributed by atoms with van der Waals surface area (Å²) in [7, 11) is -1.45. The van der Waals surface area contributed by atoms with E-state index in [4.69, 9.17) is 9.47 Å². The molecule has 0 bridgehead atoms. The SMILES string of the molecule is CC[C@@H](C)NC(=O)[C@@H](CC)N(Cc1ccc(F)cc1)C(=O)CN(c1ccccc1)S(=O)(=O)c1ccc(OC)c(OC)c1. The molecule has 3 rings (SSSR count). The fourth-order valence-corrected chi connectivity index (χ4v) is 5.80. The monoisotopic (exact) mass is 599 g/mol. The molecule has 0 saturated carbocycles. The molecular formula is C31H38FN3O6S. The minimum atomic E-state index is -4.29. The number of carbonyl (C=O) groups is 2. The number of para-hydroxylation sites is 1. The molecular weight excluding hydrogens is 561 g/mol. The molecule has 0 spiro atoms. The first-order chi connectivity index (χ1) is 20.0. The largest absolute Gasteiger partial charge is 0.493 e. The Bertz CT molecular complexity index is 1450. The number of methoxy groups -OCH3 is 2. The summed E-state index contributed by atoms with van der Waals surface area (Å²) in [6, 6.07) is 17.0. The smallest absolute Gasteiger partial charge is 0.264 e.